The van der Waals surface area contributed by atoms with E-state index >= 15 is 0 Å². The number of rotatable bonds is 3. The summed E-state index contributed by atoms with van der Waals surface area (Å²) >= 11 is 0. The van der Waals surface area contributed by atoms with Crippen LogP contribution in [0, 0.1) is 29.6 Å². The Kier molecular flexibility index (Phi) is 2.74. The van der Waals surface area contributed by atoms with Gasteiger partial charge in [0.25, 0.3) is 0 Å². The van der Waals surface area contributed by atoms with E-state index in [1.807, 2.05) is 0 Å². The van der Waals surface area contributed by atoms with E-state index in [1.165, 1.54) is 32.1 Å². The van der Waals surface area contributed by atoms with Gasteiger partial charge in [0.1, 0.15) is 0 Å². The molecule has 0 radical (unpaired) electrons. The highest BCUT2D eigenvalue weighted by Crippen LogP contribution is 2.64. The molecule has 0 aromatic heterocycles. The van der Waals surface area contributed by atoms with Gasteiger partial charge >= 0.3 is 0 Å². The summed E-state index contributed by atoms with van der Waals surface area (Å²) in [7, 11) is 0. The molecule has 0 heterocycles. The van der Waals surface area contributed by atoms with Crippen molar-refractivity contribution in [1.82, 2.24) is 0 Å². The Balaban J connectivity index is 1.68. The number of oxime groups is 1. The van der Waals surface area contributed by atoms with E-state index in [0.717, 1.165) is 30.1 Å². The molecule has 0 saturated heterocycles. The molecule has 0 spiro atoms. The van der Waals surface area contributed by atoms with Gasteiger partial charge in [-0.2, -0.15) is 0 Å². The van der Waals surface area contributed by atoms with Gasteiger partial charge in [-0.1, -0.05) is 12.2 Å². The summed E-state index contributed by atoms with van der Waals surface area (Å²) in [6.45, 7) is 0. The van der Waals surface area contributed by atoms with E-state index < -0.39 is 0 Å². The summed E-state index contributed by atoms with van der Waals surface area (Å²) in [4.78, 5) is 0. The van der Waals surface area contributed by atoms with Gasteiger partial charge in [-0.15, -0.1) is 5.16 Å². The monoisotopic (exact) mass is 219 g/mol. The smallest absolute Gasteiger partial charge is 0.0441 e. The summed E-state index contributed by atoms with van der Waals surface area (Å²) in [5.74, 6) is 4.66. The Labute approximate surface area is 97.4 Å². The number of allylic oxidation sites excluding steroid dienone is 2. The lowest BCUT2D eigenvalue weighted by atomic mass is 9.68. The van der Waals surface area contributed by atoms with Crippen molar-refractivity contribution in [3.05, 3.63) is 12.2 Å². The minimum absolute atomic E-state index is 0.630. The van der Waals surface area contributed by atoms with Crippen molar-refractivity contribution in [3.63, 3.8) is 0 Å². The molecule has 0 aliphatic heterocycles. The molecule has 0 aromatic carbocycles. The molecule has 2 heteroatoms. The van der Waals surface area contributed by atoms with Crippen LogP contribution < -0.4 is 0 Å². The molecule has 2 fully saturated rings. The molecule has 5 atom stereocenters. The van der Waals surface area contributed by atoms with Crippen LogP contribution in [0.4, 0.5) is 0 Å². The van der Waals surface area contributed by atoms with Gasteiger partial charge in [-0.25, -0.2) is 0 Å². The second kappa shape index (κ2) is 4.23. The predicted molar refractivity (Wildman–Crippen MR) is 64.6 cm³/mol. The van der Waals surface area contributed by atoms with E-state index in [-0.39, 0.29) is 0 Å². The van der Waals surface area contributed by atoms with Crippen molar-refractivity contribution in [2.75, 3.05) is 0 Å². The molecule has 0 amide bonds. The summed E-state index contributed by atoms with van der Waals surface area (Å²) in [5.41, 5.74) is 0. The third kappa shape index (κ3) is 1.79. The first-order valence-corrected chi connectivity index (χ1v) is 6.72. The third-order valence-corrected chi connectivity index (χ3v) is 4.95. The van der Waals surface area contributed by atoms with Crippen LogP contribution in [0.1, 0.15) is 38.5 Å². The van der Waals surface area contributed by atoms with E-state index in [1.54, 1.807) is 6.21 Å². The van der Waals surface area contributed by atoms with Crippen LogP contribution in [0.25, 0.3) is 0 Å². The first-order valence-electron chi connectivity index (χ1n) is 6.72. The number of hydrogen-bond donors (Lipinski definition) is 1. The summed E-state index contributed by atoms with van der Waals surface area (Å²) < 4.78 is 0. The van der Waals surface area contributed by atoms with Crippen LogP contribution in [-0.2, 0) is 0 Å². The molecule has 3 rings (SSSR count). The summed E-state index contributed by atoms with van der Waals surface area (Å²) in [5, 5.41) is 11.7. The highest BCUT2D eigenvalue weighted by Gasteiger charge is 2.56. The van der Waals surface area contributed by atoms with Crippen LogP contribution in [0.15, 0.2) is 17.3 Å². The van der Waals surface area contributed by atoms with E-state index in [2.05, 4.69) is 17.3 Å². The Hall–Kier alpha value is -0.790. The molecule has 88 valence electrons. The normalized spacial score (nSPS) is 46.1. The van der Waals surface area contributed by atoms with Gasteiger partial charge in [0.2, 0.25) is 0 Å². The van der Waals surface area contributed by atoms with Gasteiger partial charge in [-0.05, 0) is 68.1 Å². The second-order valence-corrected chi connectivity index (χ2v) is 5.78. The fourth-order valence-electron chi connectivity index (χ4n) is 3.94. The SMILES string of the molecule is ON=CCC1C=CCCCC1C1CC2CC21. The van der Waals surface area contributed by atoms with Gasteiger partial charge in [0, 0.05) is 6.21 Å². The van der Waals surface area contributed by atoms with E-state index in [0.29, 0.717) is 5.92 Å². The van der Waals surface area contributed by atoms with Gasteiger partial charge in [0.05, 0.1) is 0 Å². The lowest BCUT2D eigenvalue weighted by Gasteiger charge is -2.36. The van der Waals surface area contributed by atoms with Crippen molar-refractivity contribution in [2.45, 2.75) is 38.5 Å². The van der Waals surface area contributed by atoms with Gasteiger partial charge in [0.15, 0.2) is 0 Å². The predicted octanol–water partition coefficient (Wildman–Crippen LogP) is 3.47. The maximum atomic E-state index is 8.57. The molecule has 3 aliphatic rings. The lowest BCUT2D eigenvalue weighted by Crippen LogP contribution is -2.30. The largest absolute Gasteiger partial charge is 0.411 e. The van der Waals surface area contributed by atoms with Crippen molar-refractivity contribution >= 4 is 6.21 Å². The number of hydrogen-bond acceptors (Lipinski definition) is 2. The maximum absolute atomic E-state index is 8.57. The van der Waals surface area contributed by atoms with Gasteiger partial charge in [-0.3, -0.25) is 0 Å². The molecule has 3 aliphatic carbocycles. The molecule has 0 bridgehead atoms. The van der Waals surface area contributed by atoms with Crippen molar-refractivity contribution in [2.24, 2.45) is 34.7 Å². The molecule has 5 unspecified atom stereocenters. The molecule has 2 nitrogen and oxygen atoms in total. The molecule has 0 aromatic rings. The Bertz CT molecular complexity index is 310. The van der Waals surface area contributed by atoms with Crippen molar-refractivity contribution in [3.8, 4) is 0 Å². The first-order chi connectivity index (χ1) is 7.90. The molecule has 1 N–H and O–H groups in total. The minimum atomic E-state index is 0.630. The molecule has 16 heavy (non-hydrogen) atoms. The average Bonchev–Trinajstić information content (AvgIpc) is 2.97. The van der Waals surface area contributed by atoms with Crippen molar-refractivity contribution in [1.29, 1.82) is 0 Å². The Morgan fingerprint density at radius 2 is 2.12 bits per heavy atom. The zero-order valence-electron chi connectivity index (χ0n) is 9.76. The highest BCUT2D eigenvalue weighted by atomic mass is 16.4. The second-order valence-electron chi connectivity index (χ2n) is 5.78. The lowest BCUT2D eigenvalue weighted by molar-refractivity contribution is 0.142. The Morgan fingerprint density at radius 3 is 2.81 bits per heavy atom. The van der Waals surface area contributed by atoms with E-state index in [4.69, 9.17) is 5.21 Å². The molecule has 2 saturated carbocycles. The molecular formula is C14H21NO. The summed E-state index contributed by atoms with van der Waals surface area (Å²) in [6, 6.07) is 0. The van der Waals surface area contributed by atoms with Crippen LogP contribution >= 0.6 is 0 Å². The minimum Gasteiger partial charge on any atom is -0.411 e. The van der Waals surface area contributed by atoms with Crippen LogP contribution in [0.2, 0.25) is 0 Å². The van der Waals surface area contributed by atoms with Gasteiger partial charge < -0.3 is 5.21 Å². The zero-order chi connectivity index (χ0) is 11.0. The topological polar surface area (TPSA) is 32.6 Å². The standard InChI is InChI=1S/C14H21NO/c16-15-7-6-10-4-2-1-3-5-12(10)14-9-11-8-13(11)14/h2,4,7,10-14,16H,1,3,5-6,8-9H2. The fourth-order valence-corrected chi connectivity index (χ4v) is 3.94. The number of nitrogens with zero attached hydrogens (tertiary/aromatic N) is 1. The Morgan fingerprint density at radius 1 is 1.25 bits per heavy atom. The molecular weight excluding hydrogens is 198 g/mol. The van der Waals surface area contributed by atoms with Crippen LogP contribution in [-0.4, -0.2) is 11.4 Å². The maximum Gasteiger partial charge on any atom is 0.0441 e. The average molecular weight is 219 g/mol. The van der Waals surface area contributed by atoms with E-state index in [9.17, 15) is 0 Å². The van der Waals surface area contributed by atoms with Crippen molar-refractivity contribution < 1.29 is 5.21 Å². The zero-order valence-corrected chi connectivity index (χ0v) is 9.76. The first kappa shape index (κ1) is 10.4. The van der Waals surface area contributed by atoms with Crippen LogP contribution in [0.3, 0.4) is 0 Å². The fraction of sp³-hybridized carbons (Fsp3) is 0.786. The highest BCUT2D eigenvalue weighted by molar-refractivity contribution is 5.57. The van der Waals surface area contributed by atoms with Crippen LogP contribution in [0.5, 0.6) is 0 Å². The quantitative estimate of drug-likeness (QED) is 0.335. The summed E-state index contributed by atoms with van der Waals surface area (Å²) in [6.07, 6.45) is 14.3. The number of fused-ring (bicyclic) bond motifs is 1. The third-order valence-electron chi connectivity index (χ3n) is 4.95.